The summed E-state index contributed by atoms with van der Waals surface area (Å²) < 4.78 is 5.84. The van der Waals surface area contributed by atoms with Crippen LogP contribution in [0.2, 0.25) is 5.02 Å². The number of carbonyl (C=O) groups is 2. The van der Waals surface area contributed by atoms with Crippen molar-refractivity contribution in [2.45, 2.75) is 20.5 Å². The van der Waals surface area contributed by atoms with E-state index in [4.69, 9.17) is 16.3 Å². The maximum Gasteiger partial charge on any atom is 0.329 e. The molecule has 0 aliphatic rings. The highest BCUT2D eigenvalue weighted by molar-refractivity contribution is 6.39. The second kappa shape index (κ2) is 10.4. The molecule has 0 atom stereocenters. The first-order valence-electron chi connectivity index (χ1n) is 9.61. The molecule has 2 amide bonds. The summed E-state index contributed by atoms with van der Waals surface area (Å²) in [4.78, 5) is 24.2. The zero-order valence-corrected chi connectivity index (χ0v) is 17.9. The molecule has 0 heterocycles. The van der Waals surface area contributed by atoms with Crippen molar-refractivity contribution in [1.82, 2.24) is 5.43 Å². The van der Waals surface area contributed by atoms with Crippen LogP contribution in [0.25, 0.3) is 0 Å². The SMILES string of the molecule is Cc1ccc(NC(=O)C(=O)NN=Cc2ccccc2OCc2ccccc2Cl)c(C)c1. The molecule has 0 fully saturated rings. The third-order valence-electron chi connectivity index (χ3n) is 4.47. The fourth-order valence-electron chi connectivity index (χ4n) is 2.83. The topological polar surface area (TPSA) is 79.8 Å². The minimum absolute atomic E-state index is 0.287. The van der Waals surface area contributed by atoms with Crippen LogP contribution in [0.15, 0.2) is 71.8 Å². The highest BCUT2D eigenvalue weighted by Crippen LogP contribution is 2.21. The fourth-order valence-corrected chi connectivity index (χ4v) is 3.02. The zero-order valence-electron chi connectivity index (χ0n) is 17.2. The third kappa shape index (κ3) is 6.17. The van der Waals surface area contributed by atoms with Gasteiger partial charge in [-0.2, -0.15) is 5.10 Å². The number of hydrogen-bond donors (Lipinski definition) is 2. The number of nitrogens with one attached hydrogen (secondary N) is 2. The third-order valence-corrected chi connectivity index (χ3v) is 4.83. The first kappa shape index (κ1) is 22.1. The summed E-state index contributed by atoms with van der Waals surface area (Å²) in [5, 5.41) is 7.08. The quantitative estimate of drug-likeness (QED) is 0.336. The van der Waals surface area contributed by atoms with E-state index in [2.05, 4.69) is 15.8 Å². The van der Waals surface area contributed by atoms with Gasteiger partial charge in [0.25, 0.3) is 0 Å². The van der Waals surface area contributed by atoms with Gasteiger partial charge in [-0.25, -0.2) is 5.43 Å². The van der Waals surface area contributed by atoms with Crippen LogP contribution in [0.5, 0.6) is 5.75 Å². The molecule has 3 rings (SSSR count). The number of para-hydroxylation sites is 1. The van der Waals surface area contributed by atoms with E-state index in [1.165, 1.54) is 6.21 Å². The number of halogens is 1. The summed E-state index contributed by atoms with van der Waals surface area (Å²) in [7, 11) is 0. The van der Waals surface area contributed by atoms with Gasteiger partial charge in [-0.05, 0) is 43.7 Å². The number of hydrazone groups is 1. The number of anilines is 1. The Balaban J connectivity index is 1.59. The van der Waals surface area contributed by atoms with Crippen molar-refractivity contribution in [2.24, 2.45) is 5.10 Å². The molecule has 0 radical (unpaired) electrons. The maximum atomic E-state index is 12.1. The average molecular weight is 436 g/mol. The highest BCUT2D eigenvalue weighted by Gasteiger charge is 2.14. The second-order valence-electron chi connectivity index (χ2n) is 6.89. The molecule has 0 spiro atoms. The Hall–Kier alpha value is -3.64. The second-order valence-corrected chi connectivity index (χ2v) is 7.30. The molecule has 0 aliphatic heterocycles. The van der Waals surface area contributed by atoms with E-state index in [0.717, 1.165) is 16.7 Å². The van der Waals surface area contributed by atoms with Crippen molar-refractivity contribution in [3.63, 3.8) is 0 Å². The Morgan fingerprint density at radius 1 is 1.00 bits per heavy atom. The van der Waals surface area contributed by atoms with Gasteiger partial charge in [-0.3, -0.25) is 9.59 Å². The van der Waals surface area contributed by atoms with E-state index in [1.54, 1.807) is 24.3 Å². The summed E-state index contributed by atoms with van der Waals surface area (Å²) >= 11 is 6.16. The molecular formula is C24H22ClN3O3. The first-order chi connectivity index (χ1) is 14.9. The molecule has 31 heavy (non-hydrogen) atoms. The molecular weight excluding hydrogens is 414 g/mol. The van der Waals surface area contributed by atoms with Crippen LogP contribution in [-0.2, 0) is 16.2 Å². The molecule has 3 aromatic carbocycles. The van der Waals surface area contributed by atoms with Crippen molar-refractivity contribution < 1.29 is 14.3 Å². The highest BCUT2D eigenvalue weighted by atomic mass is 35.5. The minimum atomic E-state index is -0.870. The lowest BCUT2D eigenvalue weighted by molar-refractivity contribution is -0.136. The van der Waals surface area contributed by atoms with Crippen LogP contribution in [0.4, 0.5) is 5.69 Å². The smallest absolute Gasteiger partial charge is 0.329 e. The normalized spacial score (nSPS) is 10.7. The van der Waals surface area contributed by atoms with Crippen LogP contribution in [0.3, 0.4) is 0 Å². The van der Waals surface area contributed by atoms with Crippen LogP contribution >= 0.6 is 11.6 Å². The van der Waals surface area contributed by atoms with Gasteiger partial charge in [0.15, 0.2) is 0 Å². The number of nitrogens with zero attached hydrogens (tertiary/aromatic N) is 1. The van der Waals surface area contributed by atoms with Crippen molar-refractivity contribution in [1.29, 1.82) is 0 Å². The van der Waals surface area contributed by atoms with E-state index in [0.29, 0.717) is 22.0 Å². The predicted octanol–water partition coefficient (Wildman–Crippen LogP) is 4.62. The first-order valence-corrected chi connectivity index (χ1v) is 9.98. The number of amides is 2. The van der Waals surface area contributed by atoms with Crippen LogP contribution < -0.4 is 15.5 Å². The molecule has 6 nitrogen and oxygen atoms in total. The Labute approximate surface area is 185 Å². The number of hydrogen-bond acceptors (Lipinski definition) is 4. The van der Waals surface area contributed by atoms with E-state index < -0.39 is 11.8 Å². The lowest BCUT2D eigenvalue weighted by atomic mass is 10.1. The maximum absolute atomic E-state index is 12.1. The summed E-state index contributed by atoms with van der Waals surface area (Å²) in [6, 6.07) is 20.2. The molecule has 3 aromatic rings. The number of ether oxygens (including phenoxy) is 1. The molecule has 0 aromatic heterocycles. The molecule has 2 N–H and O–H groups in total. The van der Waals surface area contributed by atoms with Gasteiger partial charge in [0.05, 0.1) is 6.21 Å². The van der Waals surface area contributed by atoms with Crippen LogP contribution in [-0.4, -0.2) is 18.0 Å². The lowest BCUT2D eigenvalue weighted by Crippen LogP contribution is -2.32. The summed E-state index contributed by atoms with van der Waals surface area (Å²) in [5.74, 6) is -1.10. The fraction of sp³-hybridized carbons (Fsp3) is 0.125. The van der Waals surface area contributed by atoms with Gasteiger partial charge in [0.2, 0.25) is 0 Å². The van der Waals surface area contributed by atoms with E-state index in [-0.39, 0.29) is 6.61 Å². The average Bonchev–Trinajstić information content (AvgIpc) is 2.75. The van der Waals surface area contributed by atoms with Gasteiger partial charge in [0.1, 0.15) is 12.4 Å². The molecule has 158 valence electrons. The lowest BCUT2D eigenvalue weighted by Gasteiger charge is -2.10. The number of rotatable bonds is 6. The molecule has 7 heteroatoms. The monoisotopic (exact) mass is 435 g/mol. The summed E-state index contributed by atoms with van der Waals surface area (Å²) in [5.41, 5.74) is 6.25. The van der Waals surface area contributed by atoms with Crippen molar-refractivity contribution in [3.05, 3.63) is 94.0 Å². The number of aryl methyl sites for hydroxylation is 2. The van der Waals surface area contributed by atoms with Crippen molar-refractivity contribution >= 4 is 35.3 Å². The summed E-state index contributed by atoms with van der Waals surface area (Å²) in [6.45, 7) is 4.10. The largest absolute Gasteiger partial charge is 0.488 e. The minimum Gasteiger partial charge on any atom is -0.488 e. The number of benzene rings is 3. The Morgan fingerprint density at radius 2 is 1.74 bits per heavy atom. The molecule has 0 unspecified atom stereocenters. The number of carbonyl (C=O) groups excluding carboxylic acids is 2. The Bertz CT molecular complexity index is 1130. The molecule has 0 bridgehead atoms. The van der Waals surface area contributed by atoms with Crippen molar-refractivity contribution in [2.75, 3.05) is 5.32 Å². The van der Waals surface area contributed by atoms with Gasteiger partial charge >= 0.3 is 11.8 Å². The summed E-state index contributed by atoms with van der Waals surface area (Å²) in [6.07, 6.45) is 1.42. The van der Waals surface area contributed by atoms with E-state index >= 15 is 0 Å². The van der Waals surface area contributed by atoms with E-state index in [1.807, 2.05) is 56.3 Å². The van der Waals surface area contributed by atoms with Crippen molar-refractivity contribution in [3.8, 4) is 5.75 Å². The Kier molecular flexibility index (Phi) is 7.40. The predicted molar refractivity (Wildman–Crippen MR) is 123 cm³/mol. The van der Waals surface area contributed by atoms with Gasteiger partial charge in [-0.15, -0.1) is 0 Å². The zero-order chi connectivity index (χ0) is 22.2. The van der Waals surface area contributed by atoms with Crippen LogP contribution in [0, 0.1) is 13.8 Å². The Morgan fingerprint density at radius 3 is 2.52 bits per heavy atom. The van der Waals surface area contributed by atoms with Gasteiger partial charge in [-0.1, -0.05) is 59.6 Å². The van der Waals surface area contributed by atoms with E-state index in [9.17, 15) is 9.59 Å². The van der Waals surface area contributed by atoms with Gasteiger partial charge in [0, 0.05) is 21.8 Å². The standard InChI is InChI=1S/C24H22ClN3O3/c1-16-11-12-21(17(2)13-16)27-23(29)24(30)28-26-14-18-7-4-6-10-22(18)31-15-19-8-3-5-9-20(19)25/h3-14H,15H2,1-2H3,(H,27,29)(H,28,30). The van der Waals surface area contributed by atoms with Crippen LogP contribution in [0.1, 0.15) is 22.3 Å². The van der Waals surface area contributed by atoms with Gasteiger partial charge < -0.3 is 10.1 Å². The molecule has 0 aliphatic carbocycles. The molecule has 0 saturated heterocycles. The molecule has 0 saturated carbocycles.